The summed E-state index contributed by atoms with van der Waals surface area (Å²) in [5.41, 5.74) is 2.92. The zero-order valence-electron chi connectivity index (χ0n) is 18.9. The molecular weight excluding hydrogens is 432 g/mol. The third-order valence-corrected chi connectivity index (χ3v) is 5.97. The first-order chi connectivity index (χ1) is 16.5. The van der Waals surface area contributed by atoms with Crippen LogP contribution < -0.4 is 10.2 Å². The van der Waals surface area contributed by atoms with Crippen LogP contribution in [0.1, 0.15) is 36.9 Å². The smallest absolute Gasteiger partial charge is 0.203 e. The van der Waals surface area contributed by atoms with Gasteiger partial charge in [0.2, 0.25) is 5.43 Å². The zero-order valence-corrected chi connectivity index (χ0v) is 18.9. The van der Waals surface area contributed by atoms with Gasteiger partial charge in [-0.2, -0.15) is 10.2 Å². The predicted octanol–water partition coefficient (Wildman–Crippen LogP) is 2.70. The molecule has 0 atom stereocenters. The Morgan fingerprint density at radius 2 is 1.88 bits per heavy atom. The van der Waals surface area contributed by atoms with Gasteiger partial charge < -0.3 is 9.84 Å². The summed E-state index contributed by atoms with van der Waals surface area (Å²) in [4.78, 5) is 21.4. The number of hydrogen-bond acceptors (Lipinski definition) is 7. The largest absolute Gasteiger partial charge is 0.487 e. The summed E-state index contributed by atoms with van der Waals surface area (Å²) in [6.07, 6.45) is 12.0. The Balaban J connectivity index is 1.31. The fraction of sp³-hybridized carbons (Fsp3) is 0.320. The second-order valence-electron chi connectivity index (χ2n) is 8.61. The highest BCUT2D eigenvalue weighted by molar-refractivity contribution is 5.56. The number of aryl methyl sites for hydroxylation is 1. The highest BCUT2D eigenvalue weighted by Crippen LogP contribution is 2.24. The molecular formula is C25H26N6O3. The molecule has 3 heterocycles. The van der Waals surface area contributed by atoms with Gasteiger partial charge in [-0.1, -0.05) is 18.2 Å². The van der Waals surface area contributed by atoms with Gasteiger partial charge in [-0.05, 0) is 37.3 Å². The molecule has 9 heteroatoms. The van der Waals surface area contributed by atoms with Gasteiger partial charge in [0.05, 0.1) is 37.0 Å². The Morgan fingerprint density at radius 1 is 1.09 bits per heavy atom. The molecule has 1 aromatic carbocycles. The third kappa shape index (κ3) is 5.04. The highest BCUT2D eigenvalue weighted by atomic mass is 16.5. The molecule has 1 N–H and O–H groups in total. The molecule has 0 saturated heterocycles. The van der Waals surface area contributed by atoms with E-state index in [1.165, 1.54) is 6.07 Å². The summed E-state index contributed by atoms with van der Waals surface area (Å²) in [7, 11) is 1.83. The molecule has 0 bridgehead atoms. The van der Waals surface area contributed by atoms with Crippen molar-refractivity contribution in [1.29, 1.82) is 0 Å². The minimum Gasteiger partial charge on any atom is -0.487 e. The highest BCUT2D eigenvalue weighted by Gasteiger charge is 2.21. The van der Waals surface area contributed by atoms with Gasteiger partial charge in [-0.15, -0.1) is 0 Å². The number of rotatable bonds is 6. The lowest BCUT2D eigenvalue weighted by Gasteiger charge is -2.25. The summed E-state index contributed by atoms with van der Waals surface area (Å²) in [5, 5.41) is 18.3. The number of hydrogen-bond donors (Lipinski definition) is 1. The zero-order chi connectivity index (χ0) is 23.5. The molecule has 0 radical (unpaired) electrons. The van der Waals surface area contributed by atoms with Crippen LogP contribution in [0.3, 0.4) is 0 Å². The topological polar surface area (TPSA) is 108 Å². The third-order valence-electron chi connectivity index (χ3n) is 5.97. The van der Waals surface area contributed by atoms with Crippen molar-refractivity contribution in [1.82, 2.24) is 29.5 Å². The Bertz CT molecular complexity index is 1320. The van der Waals surface area contributed by atoms with Gasteiger partial charge in [-0.3, -0.25) is 9.48 Å². The predicted molar refractivity (Wildman–Crippen MR) is 126 cm³/mol. The quantitative estimate of drug-likeness (QED) is 0.473. The summed E-state index contributed by atoms with van der Waals surface area (Å²) in [5.74, 6) is 1.22. The summed E-state index contributed by atoms with van der Waals surface area (Å²) in [6.45, 7) is 0. The van der Waals surface area contributed by atoms with Crippen molar-refractivity contribution in [2.45, 2.75) is 44.3 Å². The number of benzene rings is 1. The number of nitrogens with zero attached hydrogens (tertiary/aromatic N) is 6. The summed E-state index contributed by atoms with van der Waals surface area (Å²) >= 11 is 0. The van der Waals surface area contributed by atoms with Crippen LogP contribution >= 0.6 is 0 Å². The first-order valence-corrected chi connectivity index (χ1v) is 11.4. The van der Waals surface area contributed by atoms with Crippen LogP contribution in [0.4, 0.5) is 0 Å². The Labute approximate surface area is 196 Å². The normalized spacial score (nSPS) is 18.1. The summed E-state index contributed by atoms with van der Waals surface area (Å²) in [6, 6.07) is 9.32. The lowest BCUT2D eigenvalue weighted by atomic mass is 9.95. The van der Waals surface area contributed by atoms with Crippen LogP contribution in [0, 0.1) is 0 Å². The molecule has 1 saturated carbocycles. The van der Waals surface area contributed by atoms with Crippen LogP contribution in [-0.2, 0) is 13.5 Å². The van der Waals surface area contributed by atoms with Gasteiger partial charge in [0.25, 0.3) is 0 Å². The molecule has 3 aromatic heterocycles. The molecule has 1 fully saturated rings. The average Bonchev–Trinajstić information content (AvgIpc) is 3.29. The number of aromatic nitrogens is 6. The van der Waals surface area contributed by atoms with E-state index in [0.29, 0.717) is 23.7 Å². The SMILES string of the molecule is Cn1cc(-n2ccc(=O)c(Cc3cccc(-c4ncc(O[C@H]5CC[C@@H](O)CC5)cn4)c3)n2)cn1. The monoisotopic (exact) mass is 458 g/mol. The maximum absolute atomic E-state index is 12.4. The molecule has 0 spiro atoms. The van der Waals surface area contributed by atoms with Crippen molar-refractivity contribution in [2.24, 2.45) is 7.05 Å². The minimum absolute atomic E-state index is 0.0928. The fourth-order valence-corrected chi connectivity index (χ4v) is 4.14. The van der Waals surface area contributed by atoms with Crippen molar-refractivity contribution in [2.75, 3.05) is 0 Å². The van der Waals surface area contributed by atoms with E-state index in [2.05, 4.69) is 20.2 Å². The van der Waals surface area contributed by atoms with E-state index in [4.69, 9.17) is 4.74 Å². The lowest BCUT2D eigenvalue weighted by molar-refractivity contribution is 0.0662. The first kappa shape index (κ1) is 22.0. The lowest BCUT2D eigenvalue weighted by Crippen LogP contribution is -2.26. The molecule has 34 heavy (non-hydrogen) atoms. The fourth-order valence-electron chi connectivity index (χ4n) is 4.14. The average molecular weight is 459 g/mol. The summed E-state index contributed by atoms with van der Waals surface area (Å²) < 4.78 is 9.32. The van der Waals surface area contributed by atoms with Gasteiger partial charge in [-0.25, -0.2) is 14.6 Å². The van der Waals surface area contributed by atoms with E-state index in [0.717, 1.165) is 42.5 Å². The Kier molecular flexibility index (Phi) is 6.18. The van der Waals surface area contributed by atoms with Crippen molar-refractivity contribution in [3.05, 3.63) is 82.8 Å². The van der Waals surface area contributed by atoms with E-state index in [-0.39, 0.29) is 17.6 Å². The Hall–Kier alpha value is -3.85. The molecule has 0 unspecified atom stereocenters. The van der Waals surface area contributed by atoms with Crippen LogP contribution in [0.5, 0.6) is 5.75 Å². The first-order valence-electron chi connectivity index (χ1n) is 11.4. The molecule has 1 aliphatic carbocycles. The van der Waals surface area contributed by atoms with Gasteiger partial charge in [0.15, 0.2) is 11.6 Å². The Morgan fingerprint density at radius 3 is 2.62 bits per heavy atom. The number of aliphatic hydroxyl groups is 1. The molecule has 1 aliphatic rings. The van der Waals surface area contributed by atoms with Gasteiger partial charge in [0, 0.05) is 31.3 Å². The van der Waals surface area contributed by atoms with Crippen molar-refractivity contribution >= 4 is 0 Å². The van der Waals surface area contributed by atoms with Crippen molar-refractivity contribution in [3.63, 3.8) is 0 Å². The molecule has 0 amide bonds. The van der Waals surface area contributed by atoms with E-state index in [9.17, 15) is 9.90 Å². The van der Waals surface area contributed by atoms with E-state index < -0.39 is 0 Å². The molecule has 4 aromatic rings. The second-order valence-corrected chi connectivity index (χ2v) is 8.61. The maximum Gasteiger partial charge on any atom is 0.203 e. The van der Waals surface area contributed by atoms with Crippen LogP contribution in [0.25, 0.3) is 17.1 Å². The maximum atomic E-state index is 12.4. The molecule has 0 aliphatic heterocycles. The van der Waals surface area contributed by atoms with E-state index in [1.54, 1.807) is 34.2 Å². The second kappa shape index (κ2) is 9.56. The van der Waals surface area contributed by atoms with Gasteiger partial charge in [0.1, 0.15) is 11.4 Å². The molecule has 5 rings (SSSR count). The van der Waals surface area contributed by atoms with Gasteiger partial charge >= 0.3 is 0 Å². The van der Waals surface area contributed by atoms with Crippen LogP contribution in [0.2, 0.25) is 0 Å². The standard InChI is InChI=1S/C25H26N6O3/c1-30-16-19(13-28-30)31-10-9-24(33)23(29-31)12-17-3-2-4-18(11-17)25-26-14-22(15-27-25)34-21-7-5-20(32)6-8-21/h2-4,9-11,13-16,20-21,32H,5-8,12H2,1H3/t20-,21+. The number of ether oxygens (including phenoxy) is 1. The van der Waals surface area contributed by atoms with E-state index >= 15 is 0 Å². The van der Waals surface area contributed by atoms with Crippen molar-refractivity contribution in [3.8, 4) is 22.8 Å². The molecule has 9 nitrogen and oxygen atoms in total. The number of aliphatic hydroxyl groups excluding tert-OH is 1. The van der Waals surface area contributed by atoms with Crippen LogP contribution in [0.15, 0.2) is 66.1 Å². The van der Waals surface area contributed by atoms with Crippen molar-refractivity contribution < 1.29 is 9.84 Å². The van der Waals surface area contributed by atoms with Crippen LogP contribution in [-0.4, -0.2) is 46.8 Å². The van der Waals surface area contributed by atoms with E-state index in [1.807, 2.05) is 37.5 Å². The minimum atomic E-state index is -0.213. The molecule has 174 valence electrons.